The zero-order chi connectivity index (χ0) is 16.4. The lowest BCUT2D eigenvalue weighted by molar-refractivity contribution is -0.141. The molecule has 0 saturated heterocycles. The Bertz CT molecular complexity index is 618. The highest BCUT2D eigenvalue weighted by atomic mass is 16.3. The molecule has 1 N–H and O–H groups in total. The monoisotopic (exact) mass is 314 g/mol. The van der Waals surface area contributed by atoms with Crippen molar-refractivity contribution in [2.24, 2.45) is 29.1 Å². The minimum Gasteiger partial charge on any atom is -0.377 e. The molecule has 6 atom stereocenters. The van der Waals surface area contributed by atoms with Crippen LogP contribution in [0.15, 0.2) is 23.8 Å². The van der Waals surface area contributed by atoms with Gasteiger partial charge in [-0.3, -0.25) is 9.59 Å². The lowest BCUT2D eigenvalue weighted by atomic mass is 9.50. The first-order valence-corrected chi connectivity index (χ1v) is 9.01. The number of carbonyl (C=O) groups is 2. The molecule has 124 valence electrons. The largest absolute Gasteiger partial charge is 0.377 e. The van der Waals surface area contributed by atoms with Crippen molar-refractivity contribution in [1.29, 1.82) is 0 Å². The first-order chi connectivity index (χ1) is 10.9. The molecule has 0 aromatic carbocycles. The molecule has 0 bridgehead atoms. The quantitative estimate of drug-likeness (QED) is 0.597. The third-order valence-corrected chi connectivity index (χ3v) is 7.74. The summed E-state index contributed by atoms with van der Waals surface area (Å²) in [6.07, 6.45) is 9.13. The molecule has 0 radical (unpaired) electrons. The molecule has 4 rings (SSSR count). The van der Waals surface area contributed by atoms with Crippen molar-refractivity contribution in [3.8, 4) is 0 Å². The summed E-state index contributed by atoms with van der Waals surface area (Å²) in [5.41, 5.74) is 0.370. The summed E-state index contributed by atoms with van der Waals surface area (Å²) in [7, 11) is 0. The Hall–Kier alpha value is -1.22. The van der Waals surface area contributed by atoms with Crippen LogP contribution in [0.5, 0.6) is 0 Å². The summed E-state index contributed by atoms with van der Waals surface area (Å²) in [6, 6.07) is 0. The van der Waals surface area contributed by atoms with E-state index in [1.165, 1.54) is 5.57 Å². The second-order valence-electron chi connectivity index (χ2n) is 8.45. The van der Waals surface area contributed by atoms with Gasteiger partial charge in [-0.15, -0.1) is 0 Å². The Morgan fingerprint density at radius 1 is 1.26 bits per heavy atom. The van der Waals surface area contributed by atoms with E-state index in [-0.39, 0.29) is 5.41 Å². The number of aldehydes is 1. The van der Waals surface area contributed by atoms with Crippen molar-refractivity contribution in [2.45, 2.75) is 57.5 Å². The van der Waals surface area contributed by atoms with Crippen molar-refractivity contribution in [1.82, 2.24) is 0 Å². The number of carbonyl (C=O) groups excluding carboxylic acids is 2. The summed E-state index contributed by atoms with van der Waals surface area (Å²) in [6.45, 7) is 6.13. The number of rotatable bonds is 1. The minimum absolute atomic E-state index is 0.292. The predicted molar refractivity (Wildman–Crippen MR) is 87.6 cm³/mol. The molecule has 3 fully saturated rings. The maximum Gasteiger partial charge on any atom is 0.156 e. The Morgan fingerprint density at radius 3 is 2.78 bits per heavy atom. The van der Waals surface area contributed by atoms with Crippen LogP contribution in [0, 0.1) is 29.1 Å². The molecular formula is C20H26O3. The van der Waals surface area contributed by atoms with Crippen molar-refractivity contribution < 1.29 is 14.7 Å². The highest BCUT2D eigenvalue weighted by molar-refractivity contribution is 5.91. The number of allylic oxidation sites excluding steroid dienone is 1. The third-order valence-electron chi connectivity index (χ3n) is 7.74. The molecule has 0 heterocycles. The van der Waals surface area contributed by atoms with Crippen molar-refractivity contribution >= 4 is 12.1 Å². The van der Waals surface area contributed by atoms with E-state index in [0.717, 1.165) is 44.8 Å². The molecule has 0 aliphatic heterocycles. The molecule has 23 heavy (non-hydrogen) atoms. The molecule has 0 spiro atoms. The van der Waals surface area contributed by atoms with Crippen LogP contribution in [-0.2, 0) is 9.59 Å². The van der Waals surface area contributed by atoms with E-state index < -0.39 is 5.60 Å². The summed E-state index contributed by atoms with van der Waals surface area (Å²) < 4.78 is 0. The fraction of sp³-hybridized carbons (Fsp3) is 0.700. The second-order valence-corrected chi connectivity index (χ2v) is 8.45. The fourth-order valence-corrected chi connectivity index (χ4v) is 6.39. The summed E-state index contributed by atoms with van der Waals surface area (Å²) in [4.78, 5) is 23.4. The first kappa shape index (κ1) is 15.3. The Kier molecular flexibility index (Phi) is 3.26. The number of fused-ring (bicyclic) bond motifs is 5. The van der Waals surface area contributed by atoms with Gasteiger partial charge in [-0.1, -0.05) is 19.1 Å². The smallest absolute Gasteiger partial charge is 0.156 e. The van der Waals surface area contributed by atoms with Gasteiger partial charge in [0.1, 0.15) is 5.60 Å². The van der Waals surface area contributed by atoms with Crippen molar-refractivity contribution in [3.63, 3.8) is 0 Å². The first-order valence-electron chi connectivity index (χ1n) is 9.01. The van der Waals surface area contributed by atoms with E-state index in [1.807, 2.05) is 6.08 Å². The topological polar surface area (TPSA) is 54.4 Å². The van der Waals surface area contributed by atoms with Gasteiger partial charge in [0.2, 0.25) is 0 Å². The predicted octanol–water partition coefficient (Wildman–Crippen LogP) is 3.22. The van der Waals surface area contributed by atoms with Crippen LogP contribution in [0.3, 0.4) is 0 Å². The zero-order valence-corrected chi connectivity index (χ0v) is 13.9. The number of aliphatic hydroxyl groups is 1. The van der Waals surface area contributed by atoms with E-state index >= 15 is 0 Å². The van der Waals surface area contributed by atoms with Crippen LogP contribution in [0.25, 0.3) is 0 Å². The average molecular weight is 314 g/mol. The van der Waals surface area contributed by atoms with Gasteiger partial charge >= 0.3 is 0 Å². The Labute approximate surface area is 137 Å². The van der Waals surface area contributed by atoms with Crippen molar-refractivity contribution in [2.75, 3.05) is 0 Å². The Balaban J connectivity index is 1.68. The highest BCUT2D eigenvalue weighted by Gasteiger charge is 2.64. The maximum absolute atomic E-state index is 11.7. The van der Waals surface area contributed by atoms with Gasteiger partial charge in [0.15, 0.2) is 12.1 Å². The van der Waals surface area contributed by atoms with Crippen LogP contribution >= 0.6 is 0 Å². The molecular weight excluding hydrogens is 288 g/mol. The van der Waals surface area contributed by atoms with Gasteiger partial charge in [-0.25, -0.2) is 0 Å². The molecule has 3 heteroatoms. The van der Waals surface area contributed by atoms with Crippen LogP contribution in [0.1, 0.15) is 51.9 Å². The van der Waals surface area contributed by atoms with Crippen LogP contribution in [0.2, 0.25) is 0 Å². The average Bonchev–Trinajstić information content (AvgIpc) is 2.75. The molecule has 4 aliphatic rings. The SMILES string of the molecule is C=C1C[C@H]2[C@@H]3CCC4=CC(=O)CC[C@@H]4[C@H]3CC[C@]2(C)[C@]1(O)C=O. The van der Waals surface area contributed by atoms with E-state index in [4.69, 9.17) is 0 Å². The molecule has 3 nitrogen and oxygen atoms in total. The zero-order valence-electron chi connectivity index (χ0n) is 13.9. The van der Waals surface area contributed by atoms with E-state index in [2.05, 4.69) is 13.5 Å². The van der Waals surface area contributed by atoms with E-state index in [9.17, 15) is 14.7 Å². The second kappa shape index (κ2) is 4.89. The summed E-state index contributed by atoms with van der Waals surface area (Å²) in [5.74, 6) is 2.36. The van der Waals surface area contributed by atoms with Gasteiger partial charge in [0.05, 0.1) is 0 Å². The highest BCUT2D eigenvalue weighted by Crippen LogP contribution is 2.65. The molecule has 0 aromatic rings. The fourth-order valence-electron chi connectivity index (χ4n) is 6.39. The van der Waals surface area contributed by atoms with E-state index in [1.54, 1.807) is 0 Å². The minimum atomic E-state index is -1.35. The van der Waals surface area contributed by atoms with Crippen LogP contribution in [0.4, 0.5) is 0 Å². The summed E-state index contributed by atoms with van der Waals surface area (Å²) in [5, 5.41) is 11.0. The normalized spacial score (nSPS) is 49.0. The Morgan fingerprint density at radius 2 is 2.04 bits per heavy atom. The molecule has 4 aliphatic carbocycles. The molecule has 0 amide bonds. The van der Waals surface area contributed by atoms with Crippen LogP contribution in [-0.4, -0.2) is 22.8 Å². The standard InChI is InChI=1S/C20H26O3/c1-12-9-18-17-5-3-13-10-14(22)4-6-15(13)16(17)7-8-19(18,2)20(12,23)11-21/h10-11,15-18,23H,1,3-9H2,2H3/t15-,16+,17+,18-,19-,20-/m0/s1. The number of ketones is 1. The summed E-state index contributed by atoms with van der Waals surface area (Å²) >= 11 is 0. The van der Waals surface area contributed by atoms with Crippen molar-refractivity contribution in [3.05, 3.63) is 23.8 Å². The lowest BCUT2D eigenvalue weighted by Gasteiger charge is -2.54. The van der Waals surface area contributed by atoms with Gasteiger partial charge in [0.25, 0.3) is 0 Å². The van der Waals surface area contributed by atoms with Gasteiger partial charge in [-0.2, -0.15) is 0 Å². The van der Waals surface area contributed by atoms with Gasteiger partial charge in [0, 0.05) is 11.8 Å². The number of hydrogen-bond acceptors (Lipinski definition) is 3. The maximum atomic E-state index is 11.7. The molecule has 0 aromatic heterocycles. The molecule has 3 saturated carbocycles. The number of hydrogen-bond donors (Lipinski definition) is 1. The third kappa shape index (κ3) is 1.86. The van der Waals surface area contributed by atoms with E-state index in [0.29, 0.717) is 41.4 Å². The lowest BCUT2D eigenvalue weighted by Crippen LogP contribution is -2.53. The van der Waals surface area contributed by atoms with Crippen LogP contribution < -0.4 is 0 Å². The van der Waals surface area contributed by atoms with Gasteiger partial charge < -0.3 is 5.11 Å². The molecule has 0 unspecified atom stereocenters. The van der Waals surface area contributed by atoms with Gasteiger partial charge in [-0.05, 0) is 73.8 Å².